The van der Waals surface area contributed by atoms with Crippen LogP contribution in [-0.4, -0.2) is 34.7 Å². The summed E-state index contributed by atoms with van der Waals surface area (Å²) in [5, 5.41) is 19.5. The van der Waals surface area contributed by atoms with Crippen LogP contribution in [-0.2, 0) is 4.79 Å². The van der Waals surface area contributed by atoms with Crippen molar-refractivity contribution in [2.24, 2.45) is 0 Å². The van der Waals surface area contributed by atoms with Crippen molar-refractivity contribution in [3.8, 4) is 0 Å². The van der Waals surface area contributed by atoms with Gasteiger partial charge in [-0.2, -0.15) is 0 Å². The topological polar surface area (TPSA) is 86.6 Å². The largest absolute Gasteiger partial charge is 0.480 e. The summed E-state index contributed by atoms with van der Waals surface area (Å²) in [6.45, 7) is 0.913. The van der Waals surface area contributed by atoms with Crippen molar-refractivity contribution in [1.82, 2.24) is 5.32 Å². The van der Waals surface area contributed by atoms with Crippen LogP contribution in [0, 0.1) is 18.6 Å². The maximum absolute atomic E-state index is 13.4. The standard InChI is InChI=1S/C12H13F2NO4/c1-6-4-7(9(14)5-8(6)13)11(17)15-10(2-3-16)12(18)19/h4-5,10,16H,2-3H2,1H3,(H,15,17)(H,18,19). The fourth-order valence-corrected chi connectivity index (χ4v) is 1.45. The molecule has 1 aromatic carbocycles. The summed E-state index contributed by atoms with van der Waals surface area (Å²) in [7, 11) is 0. The summed E-state index contributed by atoms with van der Waals surface area (Å²) in [4.78, 5) is 22.5. The summed E-state index contributed by atoms with van der Waals surface area (Å²) in [5.74, 6) is -4.18. The van der Waals surface area contributed by atoms with Crippen LogP contribution in [0.3, 0.4) is 0 Å². The number of aryl methyl sites for hydroxylation is 1. The Morgan fingerprint density at radius 3 is 2.47 bits per heavy atom. The third-order valence-electron chi connectivity index (χ3n) is 2.51. The van der Waals surface area contributed by atoms with Crippen LogP contribution in [0.5, 0.6) is 0 Å². The van der Waals surface area contributed by atoms with Gasteiger partial charge in [0.1, 0.15) is 17.7 Å². The van der Waals surface area contributed by atoms with E-state index < -0.39 is 41.7 Å². The highest BCUT2D eigenvalue weighted by molar-refractivity contribution is 5.97. The maximum atomic E-state index is 13.4. The third kappa shape index (κ3) is 3.72. The van der Waals surface area contributed by atoms with Gasteiger partial charge < -0.3 is 15.5 Å². The van der Waals surface area contributed by atoms with E-state index in [9.17, 15) is 18.4 Å². The lowest BCUT2D eigenvalue weighted by molar-refractivity contribution is -0.139. The van der Waals surface area contributed by atoms with Crippen LogP contribution in [0.15, 0.2) is 12.1 Å². The predicted molar refractivity (Wildman–Crippen MR) is 61.7 cm³/mol. The molecule has 1 atom stereocenters. The molecule has 0 radical (unpaired) electrons. The van der Waals surface area contributed by atoms with E-state index in [-0.39, 0.29) is 12.0 Å². The van der Waals surface area contributed by atoms with Crippen molar-refractivity contribution in [1.29, 1.82) is 0 Å². The number of amides is 1. The Hall–Kier alpha value is -2.02. The Balaban J connectivity index is 2.94. The molecule has 104 valence electrons. The maximum Gasteiger partial charge on any atom is 0.326 e. The quantitative estimate of drug-likeness (QED) is 0.742. The van der Waals surface area contributed by atoms with Gasteiger partial charge in [-0.1, -0.05) is 0 Å². The molecule has 3 N–H and O–H groups in total. The molecule has 1 aromatic rings. The Labute approximate surface area is 107 Å². The number of nitrogens with one attached hydrogen (secondary N) is 1. The van der Waals surface area contributed by atoms with Crippen LogP contribution in [0.4, 0.5) is 8.78 Å². The summed E-state index contributed by atoms with van der Waals surface area (Å²) >= 11 is 0. The number of aliphatic hydroxyl groups excluding tert-OH is 1. The molecule has 1 rings (SSSR count). The Bertz CT molecular complexity index is 505. The summed E-state index contributed by atoms with van der Waals surface area (Å²) in [5.41, 5.74) is -0.372. The molecule has 0 fully saturated rings. The smallest absolute Gasteiger partial charge is 0.326 e. The molecule has 0 saturated carbocycles. The van der Waals surface area contributed by atoms with E-state index in [1.165, 1.54) is 6.92 Å². The molecule has 19 heavy (non-hydrogen) atoms. The van der Waals surface area contributed by atoms with Crippen LogP contribution in [0.1, 0.15) is 22.3 Å². The zero-order valence-corrected chi connectivity index (χ0v) is 10.1. The minimum atomic E-state index is -1.35. The molecule has 0 bridgehead atoms. The molecular formula is C12H13F2NO4. The van der Waals surface area contributed by atoms with Gasteiger partial charge in [0.15, 0.2) is 0 Å². The number of aliphatic carboxylic acids is 1. The van der Waals surface area contributed by atoms with Gasteiger partial charge in [-0.25, -0.2) is 13.6 Å². The van der Waals surface area contributed by atoms with Gasteiger partial charge in [0.2, 0.25) is 0 Å². The number of halogens is 2. The Morgan fingerprint density at radius 2 is 1.95 bits per heavy atom. The first-order valence-corrected chi connectivity index (χ1v) is 5.47. The van der Waals surface area contributed by atoms with Gasteiger partial charge in [0.05, 0.1) is 5.56 Å². The van der Waals surface area contributed by atoms with Crippen molar-refractivity contribution < 1.29 is 28.6 Å². The van der Waals surface area contributed by atoms with Gasteiger partial charge in [-0.15, -0.1) is 0 Å². The average Bonchev–Trinajstić information content (AvgIpc) is 2.32. The molecule has 0 saturated heterocycles. The zero-order chi connectivity index (χ0) is 14.6. The number of hydrogen-bond acceptors (Lipinski definition) is 3. The number of carboxylic acid groups (broad SMARTS) is 1. The van der Waals surface area contributed by atoms with E-state index in [0.29, 0.717) is 6.07 Å². The molecule has 0 heterocycles. The lowest BCUT2D eigenvalue weighted by Crippen LogP contribution is -2.41. The Kier molecular flexibility index (Phi) is 4.94. The predicted octanol–water partition coefficient (Wildman–Crippen LogP) is 0.839. The number of benzene rings is 1. The second-order valence-electron chi connectivity index (χ2n) is 3.96. The van der Waals surface area contributed by atoms with Crippen molar-refractivity contribution in [2.75, 3.05) is 6.61 Å². The number of hydrogen-bond donors (Lipinski definition) is 3. The highest BCUT2D eigenvalue weighted by Crippen LogP contribution is 2.14. The van der Waals surface area contributed by atoms with Crippen molar-refractivity contribution >= 4 is 11.9 Å². The molecular weight excluding hydrogens is 260 g/mol. The molecule has 1 amide bonds. The number of carbonyl (C=O) groups excluding carboxylic acids is 1. The summed E-state index contributed by atoms with van der Waals surface area (Å²) in [6.07, 6.45) is -0.205. The van der Waals surface area contributed by atoms with Gasteiger partial charge in [0.25, 0.3) is 5.91 Å². The minimum absolute atomic E-state index is 0.0700. The van der Waals surface area contributed by atoms with E-state index in [1.54, 1.807) is 0 Å². The fraction of sp³-hybridized carbons (Fsp3) is 0.333. The van der Waals surface area contributed by atoms with E-state index in [4.69, 9.17) is 10.2 Å². The van der Waals surface area contributed by atoms with Crippen molar-refractivity contribution in [2.45, 2.75) is 19.4 Å². The van der Waals surface area contributed by atoms with E-state index in [1.807, 2.05) is 0 Å². The molecule has 5 nitrogen and oxygen atoms in total. The molecule has 0 aliphatic heterocycles. The van der Waals surface area contributed by atoms with Crippen molar-refractivity contribution in [3.63, 3.8) is 0 Å². The highest BCUT2D eigenvalue weighted by Gasteiger charge is 2.22. The first-order chi connectivity index (χ1) is 8.86. The van der Waals surface area contributed by atoms with Crippen LogP contribution < -0.4 is 5.32 Å². The van der Waals surface area contributed by atoms with Crippen LogP contribution in [0.25, 0.3) is 0 Å². The zero-order valence-electron chi connectivity index (χ0n) is 10.1. The number of carboxylic acids is 1. The van der Waals surface area contributed by atoms with Crippen LogP contribution >= 0.6 is 0 Å². The first kappa shape index (κ1) is 15.0. The first-order valence-electron chi connectivity index (χ1n) is 5.47. The average molecular weight is 273 g/mol. The molecule has 1 unspecified atom stereocenters. The normalized spacial score (nSPS) is 12.0. The summed E-state index contributed by atoms with van der Waals surface area (Å²) in [6, 6.07) is 0.228. The van der Waals surface area contributed by atoms with Crippen molar-refractivity contribution in [3.05, 3.63) is 34.9 Å². The monoisotopic (exact) mass is 273 g/mol. The van der Waals surface area contributed by atoms with Gasteiger partial charge in [-0.05, 0) is 18.6 Å². The lowest BCUT2D eigenvalue weighted by atomic mass is 10.1. The van der Waals surface area contributed by atoms with E-state index in [2.05, 4.69) is 5.32 Å². The third-order valence-corrected chi connectivity index (χ3v) is 2.51. The van der Waals surface area contributed by atoms with E-state index in [0.717, 1.165) is 6.07 Å². The van der Waals surface area contributed by atoms with Gasteiger partial charge in [0, 0.05) is 19.1 Å². The van der Waals surface area contributed by atoms with Crippen LogP contribution in [0.2, 0.25) is 0 Å². The fourth-order valence-electron chi connectivity index (χ4n) is 1.45. The molecule has 0 spiro atoms. The summed E-state index contributed by atoms with van der Waals surface area (Å²) < 4.78 is 26.5. The van der Waals surface area contributed by atoms with E-state index >= 15 is 0 Å². The number of rotatable bonds is 5. The number of aliphatic hydroxyl groups is 1. The number of carbonyl (C=O) groups is 2. The second kappa shape index (κ2) is 6.24. The molecule has 7 heteroatoms. The second-order valence-corrected chi connectivity index (χ2v) is 3.96. The molecule has 0 aromatic heterocycles. The highest BCUT2D eigenvalue weighted by atomic mass is 19.1. The minimum Gasteiger partial charge on any atom is -0.480 e. The molecule has 0 aliphatic carbocycles. The Morgan fingerprint density at radius 1 is 1.32 bits per heavy atom. The molecule has 0 aliphatic rings. The van der Waals surface area contributed by atoms with Gasteiger partial charge in [-0.3, -0.25) is 4.79 Å². The SMILES string of the molecule is Cc1cc(C(=O)NC(CCO)C(=O)O)c(F)cc1F. The van der Waals surface area contributed by atoms with Gasteiger partial charge >= 0.3 is 5.97 Å². The lowest BCUT2D eigenvalue weighted by Gasteiger charge is -2.14.